The number of hydrogen-bond acceptors (Lipinski definition) is 5. The van der Waals surface area contributed by atoms with Gasteiger partial charge in [0.15, 0.2) is 0 Å². The van der Waals surface area contributed by atoms with E-state index in [0.717, 1.165) is 49.7 Å². The number of benzene rings is 1. The van der Waals surface area contributed by atoms with E-state index < -0.39 is 11.2 Å². The van der Waals surface area contributed by atoms with Crippen molar-refractivity contribution >= 4 is 38.4 Å². The number of thiophene rings is 1. The van der Waals surface area contributed by atoms with Crippen LogP contribution in [0.5, 0.6) is 0 Å². The van der Waals surface area contributed by atoms with Crippen molar-refractivity contribution in [2.24, 2.45) is 7.05 Å². The number of aryl methyl sites for hydroxylation is 1. The van der Waals surface area contributed by atoms with E-state index >= 15 is 0 Å². The minimum atomic E-state index is -1.10. The van der Waals surface area contributed by atoms with Crippen LogP contribution in [0.15, 0.2) is 53.0 Å². The third-order valence-corrected chi connectivity index (χ3v) is 7.64. The topological polar surface area (TPSA) is 79.8 Å². The van der Waals surface area contributed by atoms with Gasteiger partial charge in [-0.3, -0.25) is 4.68 Å². The molecule has 4 aromatic rings. The van der Waals surface area contributed by atoms with Gasteiger partial charge in [-0.05, 0) is 34.8 Å². The molecule has 7 heteroatoms. The first kappa shape index (κ1) is 19.0. The molecule has 0 saturated heterocycles. The molecule has 1 atom stereocenters. The van der Waals surface area contributed by atoms with Crippen molar-refractivity contribution < 1.29 is 4.55 Å². The van der Waals surface area contributed by atoms with E-state index in [1.807, 2.05) is 31.4 Å². The summed E-state index contributed by atoms with van der Waals surface area (Å²) in [7, 11) is 1.89. The first-order valence-corrected chi connectivity index (χ1v) is 11.4. The van der Waals surface area contributed by atoms with Crippen molar-refractivity contribution in [1.82, 2.24) is 14.8 Å². The van der Waals surface area contributed by atoms with Crippen LogP contribution in [0.2, 0.25) is 0 Å². The third kappa shape index (κ3) is 3.53. The molecule has 4 rings (SSSR count). The first-order chi connectivity index (χ1) is 13.6. The van der Waals surface area contributed by atoms with E-state index in [1.54, 1.807) is 10.9 Å². The lowest BCUT2D eigenvalue weighted by atomic mass is 10.0. The van der Waals surface area contributed by atoms with E-state index in [9.17, 15) is 4.55 Å². The fourth-order valence-corrected chi connectivity index (χ4v) is 5.98. The Bertz CT molecular complexity index is 1100. The third-order valence-electron chi connectivity index (χ3n) is 4.64. The molecule has 0 unspecified atom stereocenters. The minimum Gasteiger partial charge on any atom is -0.611 e. The Balaban J connectivity index is 1.93. The fourth-order valence-electron chi connectivity index (χ4n) is 3.18. The molecule has 0 spiro atoms. The van der Waals surface area contributed by atoms with Crippen LogP contribution in [-0.4, -0.2) is 25.1 Å². The standard InChI is InChI=1S/C21H22N4OS2/c1-3-4-10-28(26)21-19(22)18-16(14-8-6-5-7-9-14)11-17(24-20(18)27-21)15-12-23-25(2)13-15/h5-9,11-13H,3-4,10,22H2,1-2H3/t28-/m0/s1. The van der Waals surface area contributed by atoms with Crippen LogP contribution in [0.3, 0.4) is 0 Å². The van der Waals surface area contributed by atoms with Gasteiger partial charge in [0.05, 0.1) is 11.9 Å². The molecule has 0 bridgehead atoms. The monoisotopic (exact) mass is 410 g/mol. The molecule has 0 radical (unpaired) electrons. The quantitative estimate of drug-likeness (QED) is 0.461. The number of nitrogens with two attached hydrogens (primary N) is 1. The zero-order chi connectivity index (χ0) is 19.7. The normalized spacial score (nSPS) is 12.5. The number of pyridine rings is 1. The molecular formula is C21H22N4OS2. The summed E-state index contributed by atoms with van der Waals surface area (Å²) in [6.07, 6.45) is 5.68. The molecule has 0 amide bonds. The van der Waals surface area contributed by atoms with Crippen molar-refractivity contribution in [2.75, 3.05) is 11.5 Å². The molecule has 3 heterocycles. The van der Waals surface area contributed by atoms with Crippen LogP contribution in [0.1, 0.15) is 19.8 Å². The summed E-state index contributed by atoms with van der Waals surface area (Å²) in [5.41, 5.74) is 11.0. The van der Waals surface area contributed by atoms with Crippen LogP contribution < -0.4 is 5.73 Å². The van der Waals surface area contributed by atoms with Crippen molar-refractivity contribution in [3.8, 4) is 22.4 Å². The van der Waals surface area contributed by atoms with Gasteiger partial charge in [0, 0.05) is 24.2 Å². The zero-order valence-corrected chi connectivity index (χ0v) is 17.5. The van der Waals surface area contributed by atoms with Crippen molar-refractivity contribution in [3.05, 3.63) is 48.8 Å². The number of nitrogen functional groups attached to an aromatic ring is 1. The average molecular weight is 411 g/mol. The van der Waals surface area contributed by atoms with E-state index in [4.69, 9.17) is 10.7 Å². The number of anilines is 1. The minimum absolute atomic E-state index is 0.596. The molecule has 5 nitrogen and oxygen atoms in total. The fraction of sp³-hybridized carbons (Fsp3) is 0.238. The number of rotatable bonds is 6. The Kier molecular flexibility index (Phi) is 5.39. The van der Waals surface area contributed by atoms with Gasteiger partial charge < -0.3 is 10.3 Å². The second-order valence-electron chi connectivity index (χ2n) is 6.71. The lowest BCUT2D eigenvalue weighted by Crippen LogP contribution is -2.06. The highest BCUT2D eigenvalue weighted by atomic mass is 32.2. The number of aromatic nitrogens is 3. The van der Waals surface area contributed by atoms with Crippen molar-refractivity contribution in [2.45, 2.75) is 24.0 Å². The van der Waals surface area contributed by atoms with E-state index in [2.05, 4.69) is 30.2 Å². The summed E-state index contributed by atoms with van der Waals surface area (Å²) in [4.78, 5) is 5.66. The summed E-state index contributed by atoms with van der Waals surface area (Å²) in [5.74, 6) is 0.629. The van der Waals surface area contributed by atoms with Crippen molar-refractivity contribution in [3.63, 3.8) is 0 Å². The average Bonchev–Trinajstić information content (AvgIpc) is 3.29. The Hall–Kier alpha value is -2.35. The molecule has 3 aromatic heterocycles. The summed E-state index contributed by atoms with van der Waals surface area (Å²) in [5, 5.41) is 5.16. The molecule has 0 aliphatic rings. The number of fused-ring (bicyclic) bond motifs is 1. The SMILES string of the molecule is CCCC[S@+]([O-])c1sc2nc(-c3cnn(C)c3)cc(-c3ccccc3)c2c1N. The molecule has 0 aliphatic heterocycles. The number of nitrogens with zero attached hydrogens (tertiary/aromatic N) is 3. The molecule has 0 aliphatic carbocycles. The van der Waals surface area contributed by atoms with Gasteiger partial charge in [-0.15, -0.1) is 0 Å². The van der Waals surface area contributed by atoms with Gasteiger partial charge in [0.25, 0.3) is 0 Å². The van der Waals surface area contributed by atoms with Gasteiger partial charge in [0.2, 0.25) is 4.21 Å². The number of unbranched alkanes of at least 4 members (excludes halogenated alkanes) is 1. The Morgan fingerprint density at radius 2 is 2.00 bits per heavy atom. The maximum Gasteiger partial charge on any atom is 0.232 e. The smallest absolute Gasteiger partial charge is 0.232 e. The predicted molar refractivity (Wildman–Crippen MR) is 118 cm³/mol. The Labute approximate surface area is 171 Å². The van der Waals surface area contributed by atoms with E-state index in [0.29, 0.717) is 11.4 Å². The molecule has 28 heavy (non-hydrogen) atoms. The van der Waals surface area contributed by atoms with E-state index in [-0.39, 0.29) is 0 Å². The summed E-state index contributed by atoms with van der Waals surface area (Å²) < 4.78 is 15.3. The Morgan fingerprint density at radius 1 is 1.21 bits per heavy atom. The second kappa shape index (κ2) is 7.95. The highest BCUT2D eigenvalue weighted by Crippen LogP contribution is 2.43. The molecule has 144 valence electrons. The molecule has 1 aromatic carbocycles. The highest BCUT2D eigenvalue weighted by molar-refractivity contribution is 7.93. The molecule has 0 fully saturated rings. The van der Waals surface area contributed by atoms with Crippen LogP contribution in [0.25, 0.3) is 32.6 Å². The highest BCUT2D eigenvalue weighted by Gasteiger charge is 2.24. The first-order valence-electron chi connectivity index (χ1n) is 9.24. The predicted octanol–water partition coefficient (Wildman–Crippen LogP) is 4.85. The maximum atomic E-state index is 12.8. The van der Waals surface area contributed by atoms with Gasteiger partial charge in [-0.1, -0.05) is 55.0 Å². The van der Waals surface area contributed by atoms with Gasteiger partial charge in [-0.2, -0.15) is 5.10 Å². The lowest BCUT2D eigenvalue weighted by Gasteiger charge is -2.09. The van der Waals surface area contributed by atoms with Gasteiger partial charge in [0.1, 0.15) is 16.3 Å². The molecule has 0 saturated carbocycles. The molecular weight excluding hydrogens is 388 g/mol. The Morgan fingerprint density at radius 3 is 2.68 bits per heavy atom. The molecule has 2 N–H and O–H groups in total. The van der Waals surface area contributed by atoms with Crippen LogP contribution in [0.4, 0.5) is 5.69 Å². The largest absolute Gasteiger partial charge is 0.611 e. The summed E-state index contributed by atoms with van der Waals surface area (Å²) >= 11 is 0.341. The second-order valence-corrected chi connectivity index (χ2v) is 9.48. The summed E-state index contributed by atoms with van der Waals surface area (Å²) in [6.45, 7) is 2.10. The van der Waals surface area contributed by atoms with Gasteiger partial charge in [-0.25, -0.2) is 4.98 Å². The number of hydrogen-bond donors (Lipinski definition) is 1. The van der Waals surface area contributed by atoms with Crippen LogP contribution in [0, 0.1) is 0 Å². The van der Waals surface area contributed by atoms with Crippen molar-refractivity contribution in [1.29, 1.82) is 0 Å². The summed E-state index contributed by atoms with van der Waals surface area (Å²) in [6, 6.07) is 12.2. The van der Waals surface area contributed by atoms with E-state index in [1.165, 1.54) is 11.3 Å². The zero-order valence-electron chi connectivity index (χ0n) is 15.9. The maximum absolute atomic E-state index is 12.8. The van der Waals surface area contributed by atoms with Crippen LogP contribution in [-0.2, 0) is 18.2 Å². The van der Waals surface area contributed by atoms with Gasteiger partial charge >= 0.3 is 0 Å². The lowest BCUT2D eigenvalue weighted by molar-refractivity contribution is 0.594. The van der Waals surface area contributed by atoms with Crippen LogP contribution >= 0.6 is 11.3 Å².